The van der Waals surface area contributed by atoms with Crippen LogP contribution in [0.5, 0.6) is 5.75 Å². The van der Waals surface area contributed by atoms with Gasteiger partial charge in [0.05, 0.1) is 12.8 Å². The van der Waals surface area contributed by atoms with Crippen LogP contribution in [0.15, 0.2) is 42.5 Å². The van der Waals surface area contributed by atoms with Gasteiger partial charge in [-0.3, -0.25) is 4.79 Å². The quantitative estimate of drug-likeness (QED) is 0.884. The zero-order valence-electron chi connectivity index (χ0n) is 13.4. The number of aryl methyl sites for hydroxylation is 2. The fraction of sp³-hybridized carbons (Fsp3) is 0.278. The van der Waals surface area contributed by atoms with Crippen molar-refractivity contribution in [1.29, 1.82) is 0 Å². The maximum atomic E-state index is 12.3. The van der Waals surface area contributed by atoms with Crippen molar-refractivity contribution in [1.82, 2.24) is 0 Å². The Bertz CT molecular complexity index is 668. The van der Waals surface area contributed by atoms with Crippen LogP contribution in [0.4, 0.5) is 11.4 Å². The van der Waals surface area contributed by atoms with Crippen molar-refractivity contribution in [2.24, 2.45) is 0 Å². The van der Waals surface area contributed by atoms with Gasteiger partial charge in [-0.2, -0.15) is 0 Å². The highest BCUT2D eigenvalue weighted by Gasteiger charge is 2.14. The van der Waals surface area contributed by atoms with Gasteiger partial charge < -0.3 is 15.4 Å². The first-order valence-corrected chi connectivity index (χ1v) is 7.29. The summed E-state index contributed by atoms with van der Waals surface area (Å²) < 4.78 is 5.28. The Kier molecular flexibility index (Phi) is 5.04. The number of para-hydroxylation sites is 2. The number of benzene rings is 2. The molecule has 0 radical (unpaired) electrons. The number of anilines is 2. The van der Waals surface area contributed by atoms with Crippen LogP contribution < -0.4 is 15.4 Å². The summed E-state index contributed by atoms with van der Waals surface area (Å²) in [5, 5.41) is 6.10. The first-order chi connectivity index (χ1) is 10.5. The molecule has 0 aliphatic heterocycles. The van der Waals surface area contributed by atoms with Gasteiger partial charge in [0.25, 0.3) is 0 Å². The van der Waals surface area contributed by atoms with E-state index in [1.165, 1.54) is 5.56 Å². The lowest BCUT2D eigenvalue weighted by Crippen LogP contribution is -2.32. The lowest BCUT2D eigenvalue weighted by molar-refractivity contribution is -0.116. The van der Waals surface area contributed by atoms with Crippen LogP contribution in [0.2, 0.25) is 0 Å². The van der Waals surface area contributed by atoms with Gasteiger partial charge in [0.15, 0.2) is 0 Å². The third-order valence-corrected chi connectivity index (χ3v) is 3.65. The standard InChI is InChI=1S/C18H22N2O2/c1-12-9-10-15(11-13(12)2)20-18(21)14(3)19-16-7-5-6-8-17(16)22-4/h5-11,14,19H,1-4H3,(H,20,21). The number of rotatable bonds is 5. The number of carbonyl (C=O) groups is 1. The Hall–Kier alpha value is -2.49. The van der Waals surface area contributed by atoms with Crippen LogP contribution in [0.25, 0.3) is 0 Å². The summed E-state index contributed by atoms with van der Waals surface area (Å²) in [6.45, 7) is 5.90. The molecule has 0 aromatic heterocycles. The van der Waals surface area contributed by atoms with Crippen LogP contribution in [0, 0.1) is 13.8 Å². The largest absolute Gasteiger partial charge is 0.495 e. The van der Waals surface area contributed by atoms with Crippen molar-refractivity contribution in [3.63, 3.8) is 0 Å². The second-order valence-electron chi connectivity index (χ2n) is 5.35. The highest BCUT2D eigenvalue weighted by Crippen LogP contribution is 2.24. The molecule has 1 unspecified atom stereocenters. The molecule has 22 heavy (non-hydrogen) atoms. The Balaban J connectivity index is 2.04. The minimum atomic E-state index is -0.377. The van der Waals surface area contributed by atoms with Crippen molar-refractivity contribution < 1.29 is 9.53 Å². The first kappa shape index (κ1) is 15.9. The Morgan fingerprint density at radius 2 is 1.82 bits per heavy atom. The number of ether oxygens (including phenoxy) is 1. The zero-order chi connectivity index (χ0) is 16.1. The average Bonchev–Trinajstić information content (AvgIpc) is 2.51. The van der Waals surface area contributed by atoms with E-state index in [0.717, 1.165) is 16.9 Å². The van der Waals surface area contributed by atoms with E-state index < -0.39 is 0 Å². The summed E-state index contributed by atoms with van der Waals surface area (Å²) in [7, 11) is 1.61. The van der Waals surface area contributed by atoms with Crippen molar-refractivity contribution in [2.75, 3.05) is 17.7 Å². The minimum Gasteiger partial charge on any atom is -0.495 e. The van der Waals surface area contributed by atoms with E-state index in [-0.39, 0.29) is 11.9 Å². The molecule has 1 amide bonds. The Morgan fingerprint density at radius 1 is 1.09 bits per heavy atom. The molecule has 0 saturated carbocycles. The summed E-state index contributed by atoms with van der Waals surface area (Å²) in [5.74, 6) is 0.627. The van der Waals surface area contributed by atoms with E-state index in [2.05, 4.69) is 10.6 Å². The van der Waals surface area contributed by atoms with Gasteiger partial charge in [0.1, 0.15) is 11.8 Å². The number of methoxy groups -OCH3 is 1. The molecule has 0 saturated heterocycles. The maximum Gasteiger partial charge on any atom is 0.246 e. The molecule has 2 rings (SSSR count). The third-order valence-electron chi connectivity index (χ3n) is 3.65. The van der Waals surface area contributed by atoms with Gasteiger partial charge in [-0.05, 0) is 56.2 Å². The molecule has 0 fully saturated rings. The average molecular weight is 298 g/mol. The van der Waals surface area contributed by atoms with E-state index in [9.17, 15) is 4.79 Å². The first-order valence-electron chi connectivity index (χ1n) is 7.29. The molecule has 0 bridgehead atoms. The summed E-state index contributed by atoms with van der Waals surface area (Å²) in [6.07, 6.45) is 0. The molecule has 0 aliphatic rings. The van der Waals surface area contributed by atoms with Crippen LogP contribution in [0.1, 0.15) is 18.1 Å². The van der Waals surface area contributed by atoms with E-state index in [0.29, 0.717) is 5.75 Å². The molecule has 0 aliphatic carbocycles. The maximum absolute atomic E-state index is 12.3. The number of nitrogens with one attached hydrogen (secondary N) is 2. The topological polar surface area (TPSA) is 50.4 Å². The monoisotopic (exact) mass is 298 g/mol. The van der Waals surface area contributed by atoms with Gasteiger partial charge in [-0.15, -0.1) is 0 Å². The normalized spacial score (nSPS) is 11.6. The number of hydrogen-bond donors (Lipinski definition) is 2. The third kappa shape index (κ3) is 3.79. The molecule has 2 aromatic rings. The highest BCUT2D eigenvalue weighted by molar-refractivity contribution is 5.96. The summed E-state index contributed by atoms with van der Waals surface area (Å²) in [5.41, 5.74) is 3.97. The van der Waals surface area contributed by atoms with E-state index in [1.54, 1.807) is 7.11 Å². The predicted molar refractivity (Wildman–Crippen MR) is 90.6 cm³/mol. The summed E-state index contributed by atoms with van der Waals surface area (Å²) in [4.78, 5) is 12.3. The smallest absolute Gasteiger partial charge is 0.246 e. The fourth-order valence-corrected chi connectivity index (χ4v) is 2.13. The second kappa shape index (κ2) is 6.98. The van der Waals surface area contributed by atoms with Gasteiger partial charge in [-0.25, -0.2) is 0 Å². The van der Waals surface area contributed by atoms with Crippen molar-refractivity contribution >= 4 is 17.3 Å². The van der Waals surface area contributed by atoms with Gasteiger partial charge >= 0.3 is 0 Å². The van der Waals surface area contributed by atoms with Gasteiger partial charge in [-0.1, -0.05) is 18.2 Å². The van der Waals surface area contributed by atoms with Gasteiger partial charge in [0.2, 0.25) is 5.91 Å². The van der Waals surface area contributed by atoms with Crippen LogP contribution in [-0.2, 0) is 4.79 Å². The van der Waals surface area contributed by atoms with Crippen LogP contribution >= 0.6 is 0 Å². The lowest BCUT2D eigenvalue weighted by atomic mass is 10.1. The van der Waals surface area contributed by atoms with Crippen molar-refractivity contribution in [3.8, 4) is 5.75 Å². The molecular weight excluding hydrogens is 276 g/mol. The van der Waals surface area contributed by atoms with Crippen molar-refractivity contribution in [3.05, 3.63) is 53.6 Å². The molecule has 4 heteroatoms. The Labute approximate surface area is 131 Å². The van der Waals surface area contributed by atoms with Crippen LogP contribution in [0.3, 0.4) is 0 Å². The molecule has 1 atom stereocenters. The van der Waals surface area contributed by atoms with E-state index in [1.807, 2.05) is 63.2 Å². The molecule has 116 valence electrons. The molecular formula is C18H22N2O2. The second-order valence-corrected chi connectivity index (χ2v) is 5.35. The summed E-state index contributed by atoms with van der Waals surface area (Å²) in [6, 6.07) is 13.1. The molecule has 0 heterocycles. The SMILES string of the molecule is COc1ccccc1NC(C)C(=O)Nc1ccc(C)c(C)c1. The predicted octanol–water partition coefficient (Wildman–Crippen LogP) is 3.75. The fourth-order valence-electron chi connectivity index (χ4n) is 2.13. The molecule has 2 aromatic carbocycles. The van der Waals surface area contributed by atoms with Crippen molar-refractivity contribution in [2.45, 2.75) is 26.8 Å². The molecule has 0 spiro atoms. The zero-order valence-corrected chi connectivity index (χ0v) is 13.4. The minimum absolute atomic E-state index is 0.0887. The Morgan fingerprint density at radius 3 is 2.50 bits per heavy atom. The molecule has 2 N–H and O–H groups in total. The van der Waals surface area contributed by atoms with E-state index in [4.69, 9.17) is 4.74 Å². The summed E-state index contributed by atoms with van der Waals surface area (Å²) >= 11 is 0. The molecule has 4 nitrogen and oxygen atoms in total. The van der Waals surface area contributed by atoms with Gasteiger partial charge in [0, 0.05) is 5.69 Å². The highest BCUT2D eigenvalue weighted by atomic mass is 16.5. The number of amides is 1. The lowest BCUT2D eigenvalue weighted by Gasteiger charge is -2.17. The number of hydrogen-bond acceptors (Lipinski definition) is 3. The number of carbonyl (C=O) groups excluding carboxylic acids is 1. The van der Waals surface area contributed by atoms with E-state index >= 15 is 0 Å². The van der Waals surface area contributed by atoms with Crippen LogP contribution in [-0.4, -0.2) is 19.1 Å².